The van der Waals surface area contributed by atoms with Crippen molar-refractivity contribution >= 4 is 29.4 Å². The Labute approximate surface area is 193 Å². The zero-order valence-electron chi connectivity index (χ0n) is 18.9. The number of hydrogen-bond donors (Lipinski definition) is 2. The van der Waals surface area contributed by atoms with Crippen LogP contribution in [-0.2, 0) is 20.9 Å². The Morgan fingerprint density at radius 2 is 1.88 bits per heavy atom. The molecule has 2 aromatic rings. The van der Waals surface area contributed by atoms with E-state index in [2.05, 4.69) is 10.6 Å². The second kappa shape index (κ2) is 11.3. The lowest BCUT2D eigenvalue weighted by Crippen LogP contribution is -2.29. The summed E-state index contributed by atoms with van der Waals surface area (Å²) in [5.74, 6) is -1.07. The van der Waals surface area contributed by atoms with E-state index in [1.807, 2.05) is 19.9 Å². The Balaban J connectivity index is 1.55. The molecule has 1 aliphatic heterocycles. The van der Waals surface area contributed by atoms with E-state index in [0.29, 0.717) is 48.8 Å². The van der Waals surface area contributed by atoms with Crippen molar-refractivity contribution in [2.45, 2.75) is 33.2 Å². The monoisotopic (exact) mass is 451 g/mol. The topological polar surface area (TPSA) is 105 Å². The van der Waals surface area contributed by atoms with Gasteiger partial charge >= 0.3 is 5.97 Å². The van der Waals surface area contributed by atoms with Crippen LogP contribution in [0.25, 0.3) is 0 Å². The fourth-order valence-electron chi connectivity index (χ4n) is 3.47. The lowest BCUT2D eigenvalue weighted by atomic mass is 10.1. The molecule has 1 fully saturated rings. The van der Waals surface area contributed by atoms with Gasteiger partial charge in [0.2, 0.25) is 5.91 Å². The molecule has 1 aliphatic rings. The summed E-state index contributed by atoms with van der Waals surface area (Å²) in [5.41, 5.74) is 1.81. The van der Waals surface area contributed by atoms with Crippen LogP contribution in [0.3, 0.4) is 0 Å². The quantitative estimate of drug-likeness (QED) is 0.571. The predicted molar refractivity (Wildman–Crippen MR) is 124 cm³/mol. The number of likely N-dealkylation sites (tertiary alicyclic amines) is 1. The summed E-state index contributed by atoms with van der Waals surface area (Å²) in [4.78, 5) is 50.8. The van der Waals surface area contributed by atoms with Gasteiger partial charge in [-0.3, -0.25) is 14.4 Å². The van der Waals surface area contributed by atoms with Crippen molar-refractivity contribution in [3.05, 3.63) is 65.2 Å². The molecule has 0 spiro atoms. The largest absolute Gasteiger partial charge is 0.452 e. The van der Waals surface area contributed by atoms with Gasteiger partial charge in [0.05, 0.1) is 16.8 Å². The lowest BCUT2D eigenvalue weighted by molar-refractivity contribution is -0.128. The molecule has 3 amide bonds. The van der Waals surface area contributed by atoms with Gasteiger partial charge in [-0.05, 0) is 42.2 Å². The molecule has 1 saturated heterocycles. The first-order valence-electron chi connectivity index (χ1n) is 11.0. The number of carbonyl (C=O) groups is 4. The molecule has 1 heterocycles. The highest BCUT2D eigenvalue weighted by Gasteiger charge is 2.21. The molecule has 0 aliphatic carbocycles. The van der Waals surface area contributed by atoms with Crippen LogP contribution in [0.2, 0.25) is 0 Å². The molecule has 2 N–H and O–H groups in total. The molecule has 2 aromatic carbocycles. The van der Waals surface area contributed by atoms with Gasteiger partial charge in [0.15, 0.2) is 6.61 Å². The molecular formula is C25H29N3O5. The summed E-state index contributed by atoms with van der Waals surface area (Å²) in [6, 6.07) is 13.5. The van der Waals surface area contributed by atoms with Crippen LogP contribution < -0.4 is 10.6 Å². The van der Waals surface area contributed by atoms with E-state index in [1.54, 1.807) is 47.4 Å². The van der Waals surface area contributed by atoms with E-state index in [4.69, 9.17) is 4.74 Å². The Morgan fingerprint density at radius 3 is 2.61 bits per heavy atom. The highest BCUT2D eigenvalue weighted by molar-refractivity contribution is 6.04. The SMILES string of the molecule is CC(C)CNC(=O)c1ccccc1NC(=O)COC(=O)c1cccc(CN2CCCC2=O)c1. The molecule has 174 valence electrons. The Kier molecular flexibility index (Phi) is 8.18. The molecule has 0 unspecified atom stereocenters. The van der Waals surface area contributed by atoms with Crippen molar-refractivity contribution in [3.8, 4) is 0 Å². The van der Waals surface area contributed by atoms with Crippen molar-refractivity contribution in [1.29, 1.82) is 0 Å². The number of esters is 1. The van der Waals surface area contributed by atoms with Crippen molar-refractivity contribution in [3.63, 3.8) is 0 Å². The maximum absolute atomic E-state index is 12.4. The molecule has 0 bridgehead atoms. The van der Waals surface area contributed by atoms with Crippen LogP contribution in [0.15, 0.2) is 48.5 Å². The lowest BCUT2D eigenvalue weighted by Gasteiger charge is -2.16. The minimum absolute atomic E-state index is 0.109. The Morgan fingerprint density at radius 1 is 1.09 bits per heavy atom. The summed E-state index contributed by atoms with van der Waals surface area (Å²) in [5, 5.41) is 5.45. The number of nitrogens with zero attached hydrogens (tertiary/aromatic N) is 1. The van der Waals surface area contributed by atoms with E-state index in [0.717, 1.165) is 12.0 Å². The van der Waals surface area contributed by atoms with E-state index >= 15 is 0 Å². The summed E-state index contributed by atoms with van der Waals surface area (Å²) in [7, 11) is 0. The third kappa shape index (κ3) is 6.90. The van der Waals surface area contributed by atoms with Crippen molar-refractivity contribution in [2.24, 2.45) is 5.92 Å². The smallest absolute Gasteiger partial charge is 0.338 e. The number of hydrogen-bond acceptors (Lipinski definition) is 5. The molecule has 8 nitrogen and oxygen atoms in total. The number of anilines is 1. The molecular weight excluding hydrogens is 422 g/mol. The number of amides is 3. The maximum Gasteiger partial charge on any atom is 0.338 e. The second-order valence-electron chi connectivity index (χ2n) is 8.39. The van der Waals surface area contributed by atoms with Gasteiger partial charge in [0.1, 0.15) is 0 Å². The number of carbonyl (C=O) groups excluding carboxylic acids is 4. The number of rotatable bonds is 9. The second-order valence-corrected chi connectivity index (χ2v) is 8.39. The first-order valence-corrected chi connectivity index (χ1v) is 11.0. The number of ether oxygens (including phenoxy) is 1. The van der Waals surface area contributed by atoms with Crippen molar-refractivity contribution in [1.82, 2.24) is 10.2 Å². The molecule has 3 rings (SSSR count). The molecule has 8 heteroatoms. The van der Waals surface area contributed by atoms with Gasteiger partial charge in [0.25, 0.3) is 11.8 Å². The van der Waals surface area contributed by atoms with E-state index in [9.17, 15) is 19.2 Å². The van der Waals surface area contributed by atoms with Crippen LogP contribution in [0.4, 0.5) is 5.69 Å². The molecule has 0 aromatic heterocycles. The van der Waals surface area contributed by atoms with Crippen molar-refractivity contribution in [2.75, 3.05) is 25.0 Å². The molecule has 0 radical (unpaired) electrons. The maximum atomic E-state index is 12.4. The Hall–Kier alpha value is -3.68. The number of nitrogens with one attached hydrogen (secondary N) is 2. The van der Waals surface area contributed by atoms with Crippen LogP contribution in [0.1, 0.15) is 53.0 Å². The Bertz CT molecular complexity index is 1030. The number of benzene rings is 2. The van der Waals surface area contributed by atoms with E-state index in [-0.39, 0.29) is 11.8 Å². The van der Waals surface area contributed by atoms with Gasteiger partial charge in [-0.1, -0.05) is 38.1 Å². The van der Waals surface area contributed by atoms with Gasteiger partial charge in [0, 0.05) is 26.1 Å². The number of para-hydroxylation sites is 1. The highest BCUT2D eigenvalue weighted by atomic mass is 16.5. The fraction of sp³-hybridized carbons (Fsp3) is 0.360. The first-order chi connectivity index (χ1) is 15.8. The molecule has 0 atom stereocenters. The predicted octanol–water partition coefficient (Wildman–Crippen LogP) is 2.99. The van der Waals surface area contributed by atoms with Crippen LogP contribution in [0, 0.1) is 5.92 Å². The average Bonchev–Trinajstić information content (AvgIpc) is 3.20. The summed E-state index contributed by atoms with van der Waals surface area (Å²) >= 11 is 0. The fourth-order valence-corrected chi connectivity index (χ4v) is 3.47. The standard InChI is InChI=1S/C25H29N3O5/c1-17(2)14-26-24(31)20-9-3-4-10-21(20)27-22(29)16-33-25(32)19-8-5-7-18(13-19)15-28-12-6-11-23(28)30/h3-5,7-10,13,17H,6,11-12,14-16H2,1-2H3,(H,26,31)(H,27,29). The third-order valence-corrected chi connectivity index (χ3v) is 5.16. The van der Waals surface area contributed by atoms with Gasteiger partial charge < -0.3 is 20.3 Å². The summed E-state index contributed by atoms with van der Waals surface area (Å²) in [6.45, 7) is 5.16. The van der Waals surface area contributed by atoms with Crippen molar-refractivity contribution < 1.29 is 23.9 Å². The van der Waals surface area contributed by atoms with Crippen LogP contribution in [-0.4, -0.2) is 48.3 Å². The molecule has 33 heavy (non-hydrogen) atoms. The average molecular weight is 452 g/mol. The normalized spacial score (nSPS) is 13.2. The van der Waals surface area contributed by atoms with E-state index in [1.165, 1.54) is 0 Å². The first kappa shape index (κ1) is 24.0. The van der Waals surface area contributed by atoms with Crippen LogP contribution >= 0.6 is 0 Å². The third-order valence-electron chi connectivity index (χ3n) is 5.16. The zero-order valence-corrected chi connectivity index (χ0v) is 18.9. The van der Waals surface area contributed by atoms with E-state index < -0.39 is 18.5 Å². The van der Waals surface area contributed by atoms with Gasteiger partial charge in [-0.15, -0.1) is 0 Å². The van der Waals surface area contributed by atoms with Gasteiger partial charge in [-0.25, -0.2) is 4.79 Å². The zero-order chi connectivity index (χ0) is 23.8. The van der Waals surface area contributed by atoms with Crippen LogP contribution in [0.5, 0.6) is 0 Å². The minimum Gasteiger partial charge on any atom is -0.452 e. The molecule has 0 saturated carbocycles. The minimum atomic E-state index is -0.636. The summed E-state index contributed by atoms with van der Waals surface area (Å²) in [6.07, 6.45) is 1.40. The van der Waals surface area contributed by atoms with Gasteiger partial charge in [-0.2, -0.15) is 0 Å². The highest BCUT2D eigenvalue weighted by Crippen LogP contribution is 2.17. The summed E-state index contributed by atoms with van der Waals surface area (Å²) < 4.78 is 5.16.